The van der Waals surface area contributed by atoms with Crippen LogP contribution in [-0.4, -0.2) is 29.7 Å². The summed E-state index contributed by atoms with van der Waals surface area (Å²) in [5.41, 5.74) is -1.19. The molecule has 20 heavy (non-hydrogen) atoms. The third kappa shape index (κ3) is 6.60. The first-order valence-corrected chi connectivity index (χ1v) is 6.57. The van der Waals surface area contributed by atoms with Crippen LogP contribution in [0.25, 0.3) is 0 Å². The minimum Gasteiger partial charge on any atom is -0.466 e. The summed E-state index contributed by atoms with van der Waals surface area (Å²) in [7, 11) is 0. The van der Waals surface area contributed by atoms with Gasteiger partial charge in [-0.15, -0.1) is 24.0 Å². The largest absolute Gasteiger partial charge is 0.466 e. The number of rotatable bonds is 4. The monoisotopic (exact) mass is 395 g/mol. The van der Waals surface area contributed by atoms with E-state index in [2.05, 4.69) is 36.4 Å². The van der Waals surface area contributed by atoms with Gasteiger partial charge in [0.05, 0.1) is 12.8 Å². The van der Waals surface area contributed by atoms with Crippen LogP contribution in [-0.2, 0) is 5.60 Å². The maximum Gasteiger partial charge on any atom is 0.191 e. The van der Waals surface area contributed by atoms with E-state index in [1.54, 1.807) is 25.3 Å². The summed E-state index contributed by atoms with van der Waals surface area (Å²) in [6, 6.07) is 3.51. The molecule has 0 spiro atoms. The Kier molecular flexibility index (Phi) is 7.57. The molecule has 0 aromatic carbocycles. The van der Waals surface area contributed by atoms with Gasteiger partial charge in [0.2, 0.25) is 0 Å². The van der Waals surface area contributed by atoms with E-state index < -0.39 is 5.60 Å². The van der Waals surface area contributed by atoms with E-state index in [1.165, 1.54) is 0 Å². The lowest BCUT2D eigenvalue weighted by Gasteiger charge is -2.25. The van der Waals surface area contributed by atoms with Crippen LogP contribution in [0, 0.1) is 0 Å². The van der Waals surface area contributed by atoms with Gasteiger partial charge in [-0.3, -0.25) is 0 Å². The molecule has 0 saturated carbocycles. The molecule has 1 unspecified atom stereocenters. The molecule has 0 saturated heterocycles. The second kappa shape index (κ2) is 7.87. The van der Waals surface area contributed by atoms with E-state index in [-0.39, 0.29) is 36.1 Å². The second-order valence-electron chi connectivity index (χ2n) is 5.82. The fraction of sp³-hybridized carbons (Fsp3) is 0.643. The summed E-state index contributed by atoms with van der Waals surface area (Å²) in [6.45, 7) is 10.9. The number of halogens is 1. The molecule has 0 fully saturated rings. The molecule has 0 aliphatic heterocycles. The lowest BCUT2D eigenvalue weighted by molar-refractivity contribution is 0.0436. The fourth-order valence-electron chi connectivity index (χ4n) is 1.56. The van der Waals surface area contributed by atoms with Crippen LogP contribution in [0.15, 0.2) is 27.8 Å². The lowest BCUT2D eigenvalue weighted by Crippen LogP contribution is -2.48. The molecule has 0 radical (unpaired) electrons. The zero-order valence-corrected chi connectivity index (χ0v) is 15.2. The normalized spacial score (nSPS) is 15.2. The molecule has 0 amide bonds. The summed E-state index contributed by atoms with van der Waals surface area (Å²) < 4.78 is 5.23. The summed E-state index contributed by atoms with van der Waals surface area (Å²) in [6.07, 6.45) is 1.55. The average molecular weight is 395 g/mol. The third-order valence-corrected chi connectivity index (χ3v) is 2.43. The molecule has 0 aliphatic rings. The molecule has 5 nitrogen and oxygen atoms in total. The summed E-state index contributed by atoms with van der Waals surface area (Å²) in [4.78, 5) is 4.41. The Bertz CT molecular complexity index is 409. The molecule has 116 valence electrons. The van der Waals surface area contributed by atoms with Gasteiger partial charge in [-0.25, -0.2) is 4.99 Å². The smallest absolute Gasteiger partial charge is 0.191 e. The maximum absolute atomic E-state index is 10.3. The quantitative estimate of drug-likeness (QED) is 0.416. The highest BCUT2D eigenvalue weighted by molar-refractivity contribution is 14.0. The van der Waals surface area contributed by atoms with E-state index in [0.717, 1.165) is 6.54 Å². The van der Waals surface area contributed by atoms with Crippen LogP contribution in [0.5, 0.6) is 0 Å². The standard InChI is InChI=1S/C14H25N3O2.HI/c1-6-15-12(17-13(2,3)4)16-10-14(5,18)11-8-7-9-19-11;/h7-9,18H,6,10H2,1-5H3,(H2,15,16,17);1H. The Morgan fingerprint density at radius 1 is 1.35 bits per heavy atom. The van der Waals surface area contributed by atoms with Gasteiger partial charge in [-0.1, -0.05) is 0 Å². The molecule has 0 aliphatic carbocycles. The van der Waals surface area contributed by atoms with Crippen molar-refractivity contribution >= 4 is 29.9 Å². The molecular formula is C14H26IN3O2. The first kappa shape index (κ1) is 19.2. The highest BCUT2D eigenvalue weighted by Crippen LogP contribution is 2.21. The van der Waals surface area contributed by atoms with Gasteiger partial charge >= 0.3 is 0 Å². The summed E-state index contributed by atoms with van der Waals surface area (Å²) >= 11 is 0. The van der Waals surface area contributed by atoms with Crippen molar-refractivity contribution in [3.05, 3.63) is 24.2 Å². The number of furan rings is 1. The number of hydrogen-bond donors (Lipinski definition) is 3. The Morgan fingerprint density at radius 3 is 2.45 bits per heavy atom. The Labute approximate surface area is 138 Å². The van der Waals surface area contributed by atoms with Crippen LogP contribution >= 0.6 is 24.0 Å². The van der Waals surface area contributed by atoms with Crippen molar-refractivity contribution in [2.45, 2.75) is 45.8 Å². The number of aliphatic hydroxyl groups is 1. The van der Waals surface area contributed by atoms with Crippen molar-refractivity contribution < 1.29 is 9.52 Å². The Morgan fingerprint density at radius 2 is 2.00 bits per heavy atom. The molecular weight excluding hydrogens is 369 g/mol. The van der Waals surface area contributed by atoms with Gasteiger partial charge in [0.15, 0.2) is 5.96 Å². The molecule has 1 atom stereocenters. The first-order chi connectivity index (χ1) is 8.74. The molecule has 1 heterocycles. The number of nitrogens with one attached hydrogen (secondary N) is 2. The zero-order valence-electron chi connectivity index (χ0n) is 12.9. The van der Waals surface area contributed by atoms with Crippen LogP contribution in [0.4, 0.5) is 0 Å². The van der Waals surface area contributed by atoms with Crippen molar-refractivity contribution in [3.8, 4) is 0 Å². The highest BCUT2D eigenvalue weighted by atomic mass is 127. The van der Waals surface area contributed by atoms with Gasteiger partial charge in [0, 0.05) is 12.1 Å². The number of aliphatic imine (C=N–C) groups is 1. The number of hydrogen-bond acceptors (Lipinski definition) is 3. The molecule has 1 aromatic heterocycles. The second-order valence-corrected chi connectivity index (χ2v) is 5.82. The third-order valence-electron chi connectivity index (χ3n) is 2.43. The van der Waals surface area contributed by atoms with Gasteiger partial charge in [-0.05, 0) is 46.8 Å². The predicted octanol–water partition coefficient (Wildman–Crippen LogP) is 2.46. The van der Waals surface area contributed by atoms with Gasteiger partial charge in [0.1, 0.15) is 11.4 Å². The molecule has 6 heteroatoms. The van der Waals surface area contributed by atoms with Crippen LogP contribution < -0.4 is 10.6 Å². The van der Waals surface area contributed by atoms with Crippen LogP contribution in [0.3, 0.4) is 0 Å². The first-order valence-electron chi connectivity index (χ1n) is 6.57. The Hall–Kier alpha value is -0.760. The molecule has 3 N–H and O–H groups in total. The summed E-state index contributed by atoms with van der Waals surface area (Å²) in [5.74, 6) is 1.20. The van der Waals surface area contributed by atoms with E-state index in [0.29, 0.717) is 11.7 Å². The van der Waals surface area contributed by atoms with E-state index in [4.69, 9.17) is 4.42 Å². The van der Waals surface area contributed by atoms with Crippen molar-refractivity contribution in [2.75, 3.05) is 13.1 Å². The molecule has 1 rings (SSSR count). The number of nitrogens with zero attached hydrogens (tertiary/aromatic N) is 1. The predicted molar refractivity (Wildman–Crippen MR) is 92.6 cm³/mol. The molecule has 1 aromatic rings. The zero-order chi connectivity index (χ0) is 14.5. The van der Waals surface area contributed by atoms with E-state index in [9.17, 15) is 5.11 Å². The SMILES string of the molecule is CCNC(=NCC(C)(O)c1ccco1)NC(C)(C)C.I. The fourth-order valence-corrected chi connectivity index (χ4v) is 1.56. The lowest BCUT2D eigenvalue weighted by atomic mass is 10.0. The minimum absolute atomic E-state index is 0. The van der Waals surface area contributed by atoms with Crippen molar-refractivity contribution in [1.29, 1.82) is 0 Å². The van der Waals surface area contributed by atoms with Crippen LogP contribution in [0.2, 0.25) is 0 Å². The van der Waals surface area contributed by atoms with E-state index in [1.807, 2.05) is 6.92 Å². The van der Waals surface area contributed by atoms with E-state index >= 15 is 0 Å². The van der Waals surface area contributed by atoms with Crippen molar-refractivity contribution in [2.24, 2.45) is 4.99 Å². The van der Waals surface area contributed by atoms with Gasteiger partial charge < -0.3 is 20.2 Å². The molecule has 0 bridgehead atoms. The average Bonchev–Trinajstić information content (AvgIpc) is 2.78. The van der Waals surface area contributed by atoms with Crippen LogP contribution in [0.1, 0.15) is 40.4 Å². The van der Waals surface area contributed by atoms with Crippen molar-refractivity contribution in [1.82, 2.24) is 10.6 Å². The Balaban J connectivity index is 0.00000361. The van der Waals surface area contributed by atoms with Crippen molar-refractivity contribution in [3.63, 3.8) is 0 Å². The topological polar surface area (TPSA) is 69.8 Å². The summed E-state index contributed by atoms with van der Waals surface area (Å²) in [5, 5.41) is 16.8. The maximum atomic E-state index is 10.3. The minimum atomic E-state index is -1.11. The number of guanidine groups is 1. The highest BCUT2D eigenvalue weighted by Gasteiger charge is 2.26. The van der Waals surface area contributed by atoms with Gasteiger partial charge in [-0.2, -0.15) is 0 Å². The van der Waals surface area contributed by atoms with Gasteiger partial charge in [0.25, 0.3) is 0 Å².